The summed E-state index contributed by atoms with van der Waals surface area (Å²) in [6.07, 6.45) is 0.794. The molecule has 0 atom stereocenters. The van der Waals surface area contributed by atoms with Gasteiger partial charge in [0.05, 0.1) is 0 Å². The SMILES string of the molecule is C.O=Cc1ccccc1S. The van der Waals surface area contributed by atoms with Gasteiger partial charge in [-0.25, -0.2) is 0 Å². The van der Waals surface area contributed by atoms with E-state index in [1.165, 1.54) is 0 Å². The van der Waals surface area contributed by atoms with Crippen LogP contribution in [0.25, 0.3) is 0 Å². The topological polar surface area (TPSA) is 17.1 Å². The fourth-order valence-electron chi connectivity index (χ4n) is 0.587. The van der Waals surface area contributed by atoms with Gasteiger partial charge in [0, 0.05) is 10.5 Å². The van der Waals surface area contributed by atoms with E-state index in [0.717, 1.165) is 11.2 Å². The molecule has 54 valence electrons. The number of carbonyl (C=O) groups excluding carboxylic acids is 1. The monoisotopic (exact) mass is 154 g/mol. The van der Waals surface area contributed by atoms with E-state index >= 15 is 0 Å². The van der Waals surface area contributed by atoms with Crippen molar-refractivity contribution in [1.82, 2.24) is 0 Å². The van der Waals surface area contributed by atoms with E-state index in [1.54, 1.807) is 12.1 Å². The van der Waals surface area contributed by atoms with E-state index in [-0.39, 0.29) is 7.43 Å². The highest BCUT2D eigenvalue weighted by atomic mass is 32.1. The minimum atomic E-state index is 0. The van der Waals surface area contributed by atoms with E-state index in [0.29, 0.717) is 5.56 Å². The van der Waals surface area contributed by atoms with E-state index < -0.39 is 0 Å². The number of hydrogen-bond donors (Lipinski definition) is 1. The second-order valence-corrected chi connectivity index (χ2v) is 2.16. The molecule has 1 aromatic carbocycles. The van der Waals surface area contributed by atoms with Crippen LogP contribution in [0.15, 0.2) is 29.2 Å². The molecule has 0 aromatic heterocycles. The van der Waals surface area contributed by atoms with Gasteiger partial charge in [-0.1, -0.05) is 25.6 Å². The van der Waals surface area contributed by atoms with Gasteiger partial charge < -0.3 is 0 Å². The normalized spacial score (nSPS) is 8.10. The van der Waals surface area contributed by atoms with Crippen LogP contribution in [-0.4, -0.2) is 6.29 Å². The Labute approximate surface area is 66.5 Å². The molecule has 0 fully saturated rings. The molecule has 0 radical (unpaired) electrons. The summed E-state index contributed by atoms with van der Waals surface area (Å²) >= 11 is 4.05. The van der Waals surface area contributed by atoms with Crippen LogP contribution in [0.4, 0.5) is 0 Å². The first-order valence-electron chi connectivity index (χ1n) is 2.58. The van der Waals surface area contributed by atoms with Gasteiger partial charge in [-0.3, -0.25) is 4.79 Å². The van der Waals surface area contributed by atoms with Crippen LogP contribution in [-0.2, 0) is 0 Å². The summed E-state index contributed by atoms with van der Waals surface area (Å²) in [4.78, 5) is 10.9. The number of rotatable bonds is 1. The summed E-state index contributed by atoms with van der Waals surface area (Å²) in [6.45, 7) is 0. The van der Waals surface area contributed by atoms with Crippen LogP contribution in [0, 0.1) is 0 Å². The third kappa shape index (κ3) is 1.88. The highest BCUT2D eigenvalue weighted by molar-refractivity contribution is 7.80. The molecule has 0 unspecified atom stereocenters. The molecule has 0 N–H and O–H groups in total. The summed E-state index contributed by atoms with van der Waals surface area (Å²) < 4.78 is 0. The lowest BCUT2D eigenvalue weighted by Gasteiger charge is -1.91. The minimum absolute atomic E-state index is 0. The summed E-state index contributed by atoms with van der Waals surface area (Å²) in [6, 6.07) is 7.17. The van der Waals surface area contributed by atoms with Crippen molar-refractivity contribution in [3.05, 3.63) is 29.8 Å². The number of carbonyl (C=O) groups is 1. The Balaban J connectivity index is 0.000000810. The van der Waals surface area contributed by atoms with Crippen molar-refractivity contribution in [2.24, 2.45) is 0 Å². The number of thiol groups is 1. The molecule has 0 spiro atoms. The number of hydrogen-bond acceptors (Lipinski definition) is 2. The molecule has 0 bridgehead atoms. The fraction of sp³-hybridized carbons (Fsp3) is 0.125. The smallest absolute Gasteiger partial charge is 0.151 e. The van der Waals surface area contributed by atoms with Gasteiger partial charge in [-0.2, -0.15) is 0 Å². The maximum atomic E-state index is 10.2. The minimum Gasteiger partial charge on any atom is -0.298 e. The first-order chi connectivity index (χ1) is 4.34. The molecule has 0 aliphatic rings. The number of aldehydes is 1. The van der Waals surface area contributed by atoms with Gasteiger partial charge in [0.25, 0.3) is 0 Å². The maximum Gasteiger partial charge on any atom is 0.151 e. The Kier molecular flexibility index (Phi) is 3.81. The Morgan fingerprint density at radius 2 is 1.90 bits per heavy atom. The number of benzene rings is 1. The Morgan fingerprint density at radius 1 is 1.30 bits per heavy atom. The van der Waals surface area contributed by atoms with Crippen molar-refractivity contribution in [3.8, 4) is 0 Å². The zero-order chi connectivity index (χ0) is 6.69. The van der Waals surface area contributed by atoms with Gasteiger partial charge in [-0.05, 0) is 6.07 Å². The molecular formula is C8H10OS. The zero-order valence-corrected chi connectivity index (χ0v) is 5.64. The molecule has 1 rings (SSSR count). The molecule has 10 heavy (non-hydrogen) atoms. The van der Waals surface area contributed by atoms with E-state index in [1.807, 2.05) is 12.1 Å². The van der Waals surface area contributed by atoms with Crippen molar-refractivity contribution < 1.29 is 4.79 Å². The van der Waals surface area contributed by atoms with Crippen LogP contribution in [0.3, 0.4) is 0 Å². The average molecular weight is 154 g/mol. The lowest BCUT2D eigenvalue weighted by Crippen LogP contribution is -1.78. The van der Waals surface area contributed by atoms with E-state index in [2.05, 4.69) is 12.6 Å². The third-order valence-electron chi connectivity index (χ3n) is 1.06. The average Bonchev–Trinajstić information content (AvgIpc) is 1.89. The van der Waals surface area contributed by atoms with Crippen LogP contribution in [0.2, 0.25) is 0 Å². The second-order valence-electron chi connectivity index (χ2n) is 1.68. The van der Waals surface area contributed by atoms with Gasteiger partial charge in [0.2, 0.25) is 0 Å². The fourth-order valence-corrected chi connectivity index (χ4v) is 0.800. The van der Waals surface area contributed by atoms with E-state index in [4.69, 9.17) is 0 Å². The first kappa shape index (κ1) is 9.24. The molecule has 0 aliphatic heterocycles. The standard InChI is InChI=1S/C7H6OS.CH4/c8-5-6-3-1-2-4-7(6)9;/h1-5,9H;1H4. The summed E-state index contributed by atoms with van der Waals surface area (Å²) in [5.41, 5.74) is 0.640. The van der Waals surface area contributed by atoms with Gasteiger partial charge in [0.1, 0.15) is 0 Å². The lowest BCUT2D eigenvalue weighted by atomic mass is 10.2. The van der Waals surface area contributed by atoms with Crippen LogP contribution >= 0.6 is 12.6 Å². The second kappa shape index (κ2) is 4.12. The van der Waals surface area contributed by atoms with Gasteiger partial charge in [0.15, 0.2) is 6.29 Å². The molecular weight excluding hydrogens is 144 g/mol. The molecule has 1 aromatic rings. The molecule has 0 saturated carbocycles. The highest BCUT2D eigenvalue weighted by Gasteiger charge is 1.91. The molecule has 0 saturated heterocycles. The summed E-state index contributed by atoms with van der Waals surface area (Å²) in [5, 5.41) is 0. The van der Waals surface area contributed by atoms with Crippen molar-refractivity contribution in [1.29, 1.82) is 0 Å². The van der Waals surface area contributed by atoms with Crippen LogP contribution < -0.4 is 0 Å². The summed E-state index contributed by atoms with van der Waals surface area (Å²) in [5.74, 6) is 0. The van der Waals surface area contributed by atoms with Crippen molar-refractivity contribution >= 4 is 18.9 Å². The van der Waals surface area contributed by atoms with Crippen molar-refractivity contribution in [2.45, 2.75) is 12.3 Å². The van der Waals surface area contributed by atoms with Crippen LogP contribution in [0.1, 0.15) is 17.8 Å². The molecule has 0 aliphatic carbocycles. The predicted molar refractivity (Wildman–Crippen MR) is 45.8 cm³/mol. The van der Waals surface area contributed by atoms with Crippen molar-refractivity contribution in [2.75, 3.05) is 0 Å². The highest BCUT2D eigenvalue weighted by Crippen LogP contribution is 2.09. The molecule has 0 amide bonds. The third-order valence-corrected chi connectivity index (χ3v) is 1.47. The largest absolute Gasteiger partial charge is 0.298 e. The molecule has 1 nitrogen and oxygen atoms in total. The van der Waals surface area contributed by atoms with Gasteiger partial charge >= 0.3 is 0 Å². The zero-order valence-electron chi connectivity index (χ0n) is 4.74. The summed E-state index contributed by atoms with van der Waals surface area (Å²) in [7, 11) is 0. The van der Waals surface area contributed by atoms with E-state index in [9.17, 15) is 4.79 Å². The van der Waals surface area contributed by atoms with Crippen LogP contribution in [0.5, 0.6) is 0 Å². The predicted octanol–water partition coefficient (Wildman–Crippen LogP) is 2.42. The quantitative estimate of drug-likeness (QED) is 0.485. The molecule has 0 heterocycles. The maximum absolute atomic E-state index is 10.2. The lowest BCUT2D eigenvalue weighted by molar-refractivity contribution is 0.112. The first-order valence-corrected chi connectivity index (χ1v) is 3.02. The molecule has 2 heteroatoms. The van der Waals surface area contributed by atoms with Crippen molar-refractivity contribution in [3.63, 3.8) is 0 Å². The van der Waals surface area contributed by atoms with Gasteiger partial charge in [-0.15, -0.1) is 12.6 Å². The Morgan fingerprint density at radius 3 is 2.30 bits per heavy atom. The Hall–Kier alpha value is -0.760. The Bertz CT molecular complexity index is 220.